The highest BCUT2D eigenvalue weighted by atomic mass is 16.5. The van der Waals surface area contributed by atoms with Crippen LogP contribution in [0.3, 0.4) is 0 Å². The Bertz CT molecular complexity index is 1030. The number of ether oxygens (including phenoxy) is 1. The number of carbonyl (C=O) groups excluding carboxylic acids is 2. The molecule has 6 heteroatoms. The molecular weight excluding hydrogens is 815 g/mol. The number of aliphatic hydroxyl groups is 2. The topological polar surface area (TPSA) is 95.9 Å². The summed E-state index contributed by atoms with van der Waals surface area (Å²) in [5.74, 6) is -0.0687. The van der Waals surface area contributed by atoms with Crippen LogP contribution < -0.4 is 5.32 Å². The second kappa shape index (κ2) is 55.9. The minimum absolute atomic E-state index is 0.000993. The second-order valence-electron chi connectivity index (χ2n) is 20.3. The fourth-order valence-electron chi connectivity index (χ4n) is 9.15. The SMILES string of the molecule is CCCC/C=C\CCCCCCCC(=O)OCCCCCCCCCCCCCCCCCCCCCCC(=O)NC(CO)C(O)/C=C/CCCCCCCCCCCCCCCCCC. The van der Waals surface area contributed by atoms with E-state index < -0.39 is 12.1 Å². The smallest absolute Gasteiger partial charge is 0.305 e. The quantitative estimate of drug-likeness (QED) is 0.0321. The van der Waals surface area contributed by atoms with E-state index in [1.165, 1.54) is 250 Å². The number of rotatable bonds is 55. The Balaban J connectivity index is 3.43. The van der Waals surface area contributed by atoms with Gasteiger partial charge in [0.05, 0.1) is 25.4 Å². The molecule has 6 nitrogen and oxygen atoms in total. The number of esters is 1. The van der Waals surface area contributed by atoms with Gasteiger partial charge < -0.3 is 20.3 Å². The van der Waals surface area contributed by atoms with Gasteiger partial charge >= 0.3 is 5.97 Å². The van der Waals surface area contributed by atoms with Crippen LogP contribution in [0.2, 0.25) is 0 Å². The molecule has 2 atom stereocenters. The zero-order valence-corrected chi connectivity index (χ0v) is 44.4. The zero-order valence-electron chi connectivity index (χ0n) is 44.4. The van der Waals surface area contributed by atoms with E-state index in [4.69, 9.17) is 4.74 Å². The van der Waals surface area contributed by atoms with Gasteiger partial charge in [-0.05, 0) is 51.4 Å². The molecule has 0 aromatic carbocycles. The molecule has 0 aromatic rings. The first-order valence-corrected chi connectivity index (χ1v) is 29.6. The molecule has 0 aliphatic rings. The Labute approximate surface area is 411 Å². The third kappa shape index (κ3) is 51.7. The van der Waals surface area contributed by atoms with Gasteiger partial charge in [-0.25, -0.2) is 0 Å². The van der Waals surface area contributed by atoms with Crippen LogP contribution in [0.15, 0.2) is 24.3 Å². The molecule has 0 rings (SSSR count). The minimum Gasteiger partial charge on any atom is -0.466 e. The fraction of sp³-hybridized carbons (Fsp3) is 0.900. The van der Waals surface area contributed by atoms with E-state index in [0.717, 1.165) is 44.9 Å². The summed E-state index contributed by atoms with van der Waals surface area (Å²) in [6.07, 6.45) is 67.7. The van der Waals surface area contributed by atoms with E-state index in [-0.39, 0.29) is 18.5 Å². The molecule has 0 bridgehead atoms. The highest BCUT2D eigenvalue weighted by Crippen LogP contribution is 2.17. The number of hydrogen-bond acceptors (Lipinski definition) is 5. The van der Waals surface area contributed by atoms with E-state index in [2.05, 4.69) is 31.3 Å². The van der Waals surface area contributed by atoms with Crippen LogP contribution in [0.25, 0.3) is 0 Å². The van der Waals surface area contributed by atoms with Crippen molar-refractivity contribution in [2.45, 2.75) is 334 Å². The molecule has 1 amide bonds. The summed E-state index contributed by atoms with van der Waals surface area (Å²) in [5.41, 5.74) is 0. The van der Waals surface area contributed by atoms with Crippen molar-refractivity contribution in [2.24, 2.45) is 0 Å². The van der Waals surface area contributed by atoms with Crippen molar-refractivity contribution in [3.8, 4) is 0 Å². The molecule has 0 aliphatic carbocycles. The van der Waals surface area contributed by atoms with Crippen LogP contribution in [-0.2, 0) is 14.3 Å². The van der Waals surface area contributed by atoms with Gasteiger partial charge in [-0.3, -0.25) is 9.59 Å². The van der Waals surface area contributed by atoms with E-state index in [1.54, 1.807) is 6.08 Å². The standard InChI is InChI=1S/C60H115NO5/c1-3-5-7-9-11-13-15-16-17-18-23-26-29-33-36-40-44-48-52-58(63)57(56-62)61-59(64)53-49-45-41-37-34-30-27-24-21-19-20-22-25-28-31-35-39-43-47-51-55-66-60(65)54-50-46-42-38-32-14-12-10-8-6-4-2/h10,12,48,52,57-58,62-63H,3-9,11,13-47,49-51,53-56H2,1-2H3,(H,61,64)/b12-10-,52-48+. The largest absolute Gasteiger partial charge is 0.466 e. The van der Waals surface area contributed by atoms with Crippen molar-refractivity contribution in [3.05, 3.63) is 24.3 Å². The molecule has 390 valence electrons. The van der Waals surface area contributed by atoms with Gasteiger partial charge in [0.15, 0.2) is 0 Å². The van der Waals surface area contributed by atoms with E-state index in [1.807, 2.05) is 6.08 Å². The van der Waals surface area contributed by atoms with Crippen molar-refractivity contribution in [3.63, 3.8) is 0 Å². The summed E-state index contributed by atoms with van der Waals surface area (Å²) in [5, 5.41) is 23.2. The number of unbranched alkanes of at least 4 members (excludes halogenated alkanes) is 42. The van der Waals surface area contributed by atoms with Crippen LogP contribution in [0.1, 0.15) is 322 Å². The van der Waals surface area contributed by atoms with E-state index in [9.17, 15) is 19.8 Å². The van der Waals surface area contributed by atoms with Crippen LogP contribution in [0, 0.1) is 0 Å². The lowest BCUT2D eigenvalue weighted by atomic mass is 10.0. The molecular formula is C60H115NO5. The van der Waals surface area contributed by atoms with Crippen molar-refractivity contribution in [1.82, 2.24) is 5.32 Å². The normalized spacial score (nSPS) is 12.7. The Morgan fingerprint density at radius 1 is 0.409 bits per heavy atom. The summed E-state index contributed by atoms with van der Waals surface area (Å²) < 4.78 is 5.45. The van der Waals surface area contributed by atoms with Gasteiger partial charge in [0, 0.05) is 12.8 Å². The van der Waals surface area contributed by atoms with Crippen molar-refractivity contribution < 1.29 is 24.5 Å². The van der Waals surface area contributed by atoms with Gasteiger partial charge in [0.2, 0.25) is 5.91 Å². The van der Waals surface area contributed by atoms with Gasteiger partial charge in [-0.1, -0.05) is 282 Å². The average molecular weight is 931 g/mol. The molecule has 0 saturated carbocycles. The number of carbonyl (C=O) groups is 2. The molecule has 66 heavy (non-hydrogen) atoms. The number of amides is 1. The lowest BCUT2D eigenvalue weighted by Crippen LogP contribution is -2.45. The predicted molar refractivity (Wildman–Crippen MR) is 287 cm³/mol. The Kier molecular flexibility index (Phi) is 54.5. The second-order valence-corrected chi connectivity index (χ2v) is 20.3. The molecule has 0 heterocycles. The maximum absolute atomic E-state index is 12.5. The summed E-state index contributed by atoms with van der Waals surface area (Å²) in [6.45, 7) is 4.88. The van der Waals surface area contributed by atoms with E-state index >= 15 is 0 Å². The lowest BCUT2D eigenvalue weighted by molar-refractivity contribution is -0.143. The molecule has 0 aliphatic heterocycles. The Morgan fingerprint density at radius 2 is 0.727 bits per heavy atom. The number of allylic oxidation sites excluding steroid dienone is 3. The highest BCUT2D eigenvalue weighted by Gasteiger charge is 2.18. The maximum Gasteiger partial charge on any atom is 0.305 e. The molecule has 3 N–H and O–H groups in total. The van der Waals surface area contributed by atoms with Crippen molar-refractivity contribution >= 4 is 11.9 Å². The number of aliphatic hydroxyl groups excluding tert-OH is 2. The fourth-order valence-corrected chi connectivity index (χ4v) is 9.15. The van der Waals surface area contributed by atoms with Crippen molar-refractivity contribution in [1.29, 1.82) is 0 Å². The summed E-state index contributed by atoms with van der Waals surface area (Å²) >= 11 is 0. The molecule has 0 radical (unpaired) electrons. The summed E-state index contributed by atoms with van der Waals surface area (Å²) in [6, 6.07) is -0.629. The third-order valence-electron chi connectivity index (χ3n) is 13.7. The number of nitrogens with one attached hydrogen (secondary N) is 1. The third-order valence-corrected chi connectivity index (χ3v) is 13.7. The predicted octanol–water partition coefficient (Wildman–Crippen LogP) is 18.2. The van der Waals surface area contributed by atoms with Gasteiger partial charge in [0.25, 0.3) is 0 Å². The first-order chi connectivity index (χ1) is 32.5. The number of hydrogen-bond donors (Lipinski definition) is 3. The molecule has 0 saturated heterocycles. The van der Waals surface area contributed by atoms with Gasteiger partial charge in [0.1, 0.15) is 0 Å². The molecule has 0 spiro atoms. The average Bonchev–Trinajstić information content (AvgIpc) is 3.32. The van der Waals surface area contributed by atoms with Crippen LogP contribution in [0.4, 0.5) is 0 Å². The molecule has 2 unspecified atom stereocenters. The van der Waals surface area contributed by atoms with Crippen LogP contribution >= 0.6 is 0 Å². The minimum atomic E-state index is -0.846. The van der Waals surface area contributed by atoms with Crippen LogP contribution in [-0.4, -0.2) is 47.4 Å². The molecule has 0 aromatic heterocycles. The maximum atomic E-state index is 12.5. The van der Waals surface area contributed by atoms with Gasteiger partial charge in [-0.2, -0.15) is 0 Å². The van der Waals surface area contributed by atoms with E-state index in [0.29, 0.717) is 19.4 Å². The van der Waals surface area contributed by atoms with Crippen LogP contribution in [0.5, 0.6) is 0 Å². The zero-order chi connectivity index (χ0) is 47.9. The summed E-state index contributed by atoms with van der Waals surface area (Å²) in [7, 11) is 0. The Hall–Kier alpha value is -1.66. The molecule has 0 fully saturated rings. The van der Waals surface area contributed by atoms with Gasteiger partial charge in [-0.15, -0.1) is 0 Å². The first-order valence-electron chi connectivity index (χ1n) is 29.6. The monoisotopic (exact) mass is 930 g/mol. The first kappa shape index (κ1) is 64.3. The highest BCUT2D eigenvalue weighted by molar-refractivity contribution is 5.76. The lowest BCUT2D eigenvalue weighted by Gasteiger charge is -2.20. The summed E-state index contributed by atoms with van der Waals surface area (Å²) in [4.78, 5) is 24.5. The Morgan fingerprint density at radius 3 is 1.12 bits per heavy atom. The van der Waals surface area contributed by atoms with Crippen molar-refractivity contribution in [2.75, 3.05) is 13.2 Å².